The molecule has 7 heteroatoms. The molecule has 94 valence electrons. The molecule has 0 aliphatic heterocycles. The summed E-state index contributed by atoms with van der Waals surface area (Å²) in [5.74, 6) is -1.40. The molecule has 1 aliphatic rings. The van der Waals surface area contributed by atoms with Crippen LogP contribution < -0.4 is 5.73 Å². The highest BCUT2D eigenvalue weighted by atomic mass is 79.9. The number of hydrogen-bond acceptors (Lipinski definition) is 4. The molecule has 1 fully saturated rings. The summed E-state index contributed by atoms with van der Waals surface area (Å²) in [5.41, 5.74) is 5.69. The Kier molecular flexibility index (Phi) is 2.49. The summed E-state index contributed by atoms with van der Waals surface area (Å²) in [5, 5.41) is 3.74. The first kappa shape index (κ1) is 11.7. The SMILES string of the molecule is NC1(c2nc(-c3ccc(F)c(F)c3Br)no2)CC1. The van der Waals surface area contributed by atoms with Gasteiger partial charge in [-0.15, -0.1) is 0 Å². The van der Waals surface area contributed by atoms with E-state index in [4.69, 9.17) is 10.3 Å². The van der Waals surface area contributed by atoms with Crippen molar-refractivity contribution < 1.29 is 13.3 Å². The van der Waals surface area contributed by atoms with Gasteiger partial charge in [-0.3, -0.25) is 0 Å². The molecule has 0 unspecified atom stereocenters. The molecule has 18 heavy (non-hydrogen) atoms. The largest absolute Gasteiger partial charge is 0.337 e. The number of rotatable bonds is 2. The third kappa shape index (κ3) is 1.74. The minimum Gasteiger partial charge on any atom is -0.337 e. The molecular formula is C11H8BrF2N3O. The molecule has 4 nitrogen and oxygen atoms in total. The maximum absolute atomic E-state index is 13.4. The van der Waals surface area contributed by atoms with Crippen LogP contribution in [0.2, 0.25) is 0 Å². The van der Waals surface area contributed by atoms with Gasteiger partial charge in [0.2, 0.25) is 11.7 Å². The van der Waals surface area contributed by atoms with Crippen molar-refractivity contribution in [2.24, 2.45) is 5.73 Å². The normalized spacial score (nSPS) is 16.9. The summed E-state index contributed by atoms with van der Waals surface area (Å²) in [7, 11) is 0. The second-order valence-electron chi connectivity index (χ2n) is 4.30. The first-order valence-corrected chi connectivity index (χ1v) is 6.07. The van der Waals surface area contributed by atoms with Crippen LogP contribution in [-0.2, 0) is 5.54 Å². The van der Waals surface area contributed by atoms with E-state index in [0.29, 0.717) is 11.5 Å². The standard InChI is InChI=1S/C11H8BrF2N3O/c12-7-5(1-2-6(13)8(7)14)9-16-10(18-17-9)11(15)3-4-11/h1-2H,3-4,15H2. The maximum atomic E-state index is 13.4. The maximum Gasteiger partial charge on any atom is 0.247 e. The van der Waals surface area contributed by atoms with Crippen LogP contribution in [-0.4, -0.2) is 10.1 Å². The zero-order valence-electron chi connectivity index (χ0n) is 9.08. The van der Waals surface area contributed by atoms with Crippen molar-refractivity contribution in [3.63, 3.8) is 0 Å². The summed E-state index contributed by atoms with van der Waals surface area (Å²) in [6.45, 7) is 0. The van der Waals surface area contributed by atoms with E-state index in [0.717, 1.165) is 18.9 Å². The molecule has 1 saturated carbocycles. The quantitative estimate of drug-likeness (QED) is 0.865. The Morgan fingerprint density at radius 2 is 2.06 bits per heavy atom. The van der Waals surface area contributed by atoms with Crippen molar-refractivity contribution in [2.75, 3.05) is 0 Å². The molecule has 0 saturated heterocycles. The average molecular weight is 316 g/mol. The topological polar surface area (TPSA) is 64.9 Å². The smallest absolute Gasteiger partial charge is 0.247 e. The summed E-state index contributed by atoms with van der Waals surface area (Å²) >= 11 is 2.98. The van der Waals surface area contributed by atoms with Crippen LogP contribution in [0.1, 0.15) is 18.7 Å². The van der Waals surface area contributed by atoms with Gasteiger partial charge in [0.1, 0.15) is 0 Å². The van der Waals surface area contributed by atoms with Crippen LogP contribution in [0.4, 0.5) is 8.78 Å². The number of nitrogens with zero attached hydrogens (tertiary/aromatic N) is 2. The second-order valence-corrected chi connectivity index (χ2v) is 5.10. The van der Waals surface area contributed by atoms with Crippen molar-refractivity contribution in [3.05, 3.63) is 34.1 Å². The van der Waals surface area contributed by atoms with Crippen LogP contribution in [0.5, 0.6) is 0 Å². The van der Waals surface area contributed by atoms with E-state index in [-0.39, 0.29) is 10.3 Å². The van der Waals surface area contributed by atoms with Gasteiger partial charge in [-0.2, -0.15) is 4.98 Å². The van der Waals surface area contributed by atoms with Crippen LogP contribution >= 0.6 is 15.9 Å². The van der Waals surface area contributed by atoms with Crippen molar-refractivity contribution in [1.29, 1.82) is 0 Å². The van der Waals surface area contributed by atoms with Gasteiger partial charge in [-0.1, -0.05) is 5.16 Å². The van der Waals surface area contributed by atoms with Crippen LogP contribution in [0, 0.1) is 11.6 Å². The lowest BCUT2D eigenvalue weighted by Crippen LogP contribution is -2.18. The summed E-state index contributed by atoms with van der Waals surface area (Å²) < 4.78 is 31.4. The minimum atomic E-state index is -0.979. The number of benzene rings is 1. The van der Waals surface area contributed by atoms with Gasteiger partial charge < -0.3 is 10.3 Å². The molecule has 0 radical (unpaired) electrons. The molecular weight excluding hydrogens is 308 g/mol. The van der Waals surface area contributed by atoms with Crippen molar-refractivity contribution >= 4 is 15.9 Å². The average Bonchev–Trinajstić information content (AvgIpc) is 2.92. The summed E-state index contributed by atoms with van der Waals surface area (Å²) in [6, 6.07) is 2.40. The van der Waals surface area contributed by atoms with Gasteiger partial charge >= 0.3 is 0 Å². The van der Waals surface area contributed by atoms with Gasteiger partial charge in [-0.05, 0) is 40.9 Å². The number of nitrogens with two attached hydrogens (primary N) is 1. The van der Waals surface area contributed by atoms with Crippen molar-refractivity contribution in [1.82, 2.24) is 10.1 Å². The Bertz CT molecular complexity index is 625. The molecule has 2 N–H and O–H groups in total. The van der Waals surface area contributed by atoms with Crippen molar-refractivity contribution in [2.45, 2.75) is 18.4 Å². The molecule has 0 amide bonds. The second kappa shape index (κ2) is 3.83. The summed E-state index contributed by atoms with van der Waals surface area (Å²) in [6.07, 6.45) is 1.57. The Labute approximate surface area is 109 Å². The van der Waals surface area contributed by atoms with E-state index < -0.39 is 17.2 Å². The molecule has 0 spiro atoms. The fraction of sp³-hybridized carbons (Fsp3) is 0.273. The third-order valence-electron chi connectivity index (χ3n) is 2.92. The molecule has 1 aromatic heterocycles. The van der Waals surface area contributed by atoms with Gasteiger partial charge in [0.15, 0.2) is 11.6 Å². The first-order chi connectivity index (χ1) is 8.51. The van der Waals surface area contributed by atoms with Gasteiger partial charge in [0.05, 0.1) is 10.0 Å². The highest BCUT2D eigenvalue weighted by molar-refractivity contribution is 9.10. The monoisotopic (exact) mass is 315 g/mol. The van der Waals surface area contributed by atoms with Gasteiger partial charge in [-0.25, -0.2) is 8.78 Å². The molecule has 0 bridgehead atoms. The Balaban J connectivity index is 2.05. The number of hydrogen-bond donors (Lipinski definition) is 1. The van der Waals surface area contributed by atoms with E-state index in [9.17, 15) is 8.78 Å². The van der Waals surface area contributed by atoms with E-state index in [1.54, 1.807) is 0 Å². The van der Waals surface area contributed by atoms with Gasteiger partial charge in [0, 0.05) is 5.56 Å². The minimum absolute atomic E-state index is 0.0308. The van der Waals surface area contributed by atoms with E-state index >= 15 is 0 Å². The zero-order valence-corrected chi connectivity index (χ0v) is 10.7. The molecule has 0 atom stereocenters. The van der Waals surface area contributed by atoms with Crippen molar-refractivity contribution in [3.8, 4) is 11.4 Å². The van der Waals surface area contributed by atoms with E-state index in [1.165, 1.54) is 6.07 Å². The molecule has 1 heterocycles. The lowest BCUT2D eigenvalue weighted by Gasteiger charge is -2.01. The third-order valence-corrected chi connectivity index (χ3v) is 3.69. The fourth-order valence-electron chi connectivity index (χ4n) is 1.58. The fourth-order valence-corrected chi connectivity index (χ4v) is 2.08. The number of halogens is 3. The van der Waals surface area contributed by atoms with Crippen LogP contribution in [0.25, 0.3) is 11.4 Å². The predicted octanol–water partition coefficient (Wildman–Crippen LogP) is 2.73. The molecule has 1 aliphatic carbocycles. The first-order valence-electron chi connectivity index (χ1n) is 5.28. The summed E-state index contributed by atoms with van der Waals surface area (Å²) in [4.78, 5) is 4.12. The van der Waals surface area contributed by atoms with Crippen LogP contribution in [0.3, 0.4) is 0 Å². The van der Waals surface area contributed by atoms with Gasteiger partial charge in [0.25, 0.3) is 0 Å². The highest BCUT2D eigenvalue weighted by Crippen LogP contribution is 2.42. The zero-order chi connectivity index (χ0) is 12.9. The lowest BCUT2D eigenvalue weighted by atomic mass is 10.2. The number of aromatic nitrogens is 2. The molecule has 2 aromatic rings. The Morgan fingerprint density at radius 3 is 2.72 bits per heavy atom. The Hall–Kier alpha value is -1.34. The predicted molar refractivity (Wildman–Crippen MR) is 62.4 cm³/mol. The lowest BCUT2D eigenvalue weighted by molar-refractivity contribution is 0.348. The Morgan fingerprint density at radius 1 is 1.33 bits per heavy atom. The molecule has 1 aromatic carbocycles. The highest BCUT2D eigenvalue weighted by Gasteiger charge is 2.45. The van der Waals surface area contributed by atoms with Crippen LogP contribution in [0.15, 0.2) is 21.1 Å². The van der Waals surface area contributed by atoms with E-state index in [1.807, 2.05) is 0 Å². The molecule has 3 rings (SSSR count). The van der Waals surface area contributed by atoms with E-state index in [2.05, 4.69) is 26.1 Å².